The van der Waals surface area contributed by atoms with Gasteiger partial charge in [-0.2, -0.15) is 0 Å². The molecule has 1 amide bonds. The summed E-state index contributed by atoms with van der Waals surface area (Å²) >= 11 is 16.1. The third-order valence-corrected chi connectivity index (χ3v) is 2.10. The van der Waals surface area contributed by atoms with Gasteiger partial charge in [0.1, 0.15) is 5.69 Å². The molecule has 1 heterocycles. The number of aliphatic hydroxyl groups is 1. The average Bonchev–Trinajstić information content (AvgIpc) is 2.17. The second kappa shape index (κ2) is 4.99. The van der Waals surface area contributed by atoms with Gasteiger partial charge in [-0.25, -0.2) is 0 Å². The molecule has 0 fully saturated rings. The molecule has 4 nitrogen and oxygen atoms in total. The van der Waals surface area contributed by atoms with Crippen LogP contribution in [0.2, 0.25) is 0 Å². The molecule has 0 aliphatic carbocycles. The first-order valence-corrected chi connectivity index (χ1v) is 5.01. The highest BCUT2D eigenvalue weighted by Gasteiger charge is 2.32. The molecular formula is C8H7Cl3N2O2. The number of rotatable bonds is 2. The van der Waals surface area contributed by atoms with Gasteiger partial charge in [0.25, 0.3) is 5.91 Å². The molecule has 82 valence electrons. The number of pyridine rings is 1. The number of alkyl halides is 3. The van der Waals surface area contributed by atoms with E-state index in [1.54, 1.807) is 12.1 Å². The SMILES string of the molecule is O=C(NC(O)C(Cl)(Cl)Cl)c1ccccn1. The number of carbonyl (C=O) groups excluding carboxylic acids is 1. The predicted octanol–water partition coefficient (Wildman–Crippen LogP) is 1.50. The van der Waals surface area contributed by atoms with Crippen LogP contribution in [-0.4, -0.2) is 26.0 Å². The van der Waals surface area contributed by atoms with Crippen molar-refractivity contribution < 1.29 is 9.90 Å². The summed E-state index contributed by atoms with van der Waals surface area (Å²) in [6, 6.07) is 4.76. The van der Waals surface area contributed by atoms with Gasteiger partial charge >= 0.3 is 0 Å². The molecule has 0 aliphatic heterocycles. The molecule has 1 unspecified atom stereocenters. The molecule has 0 bridgehead atoms. The summed E-state index contributed by atoms with van der Waals surface area (Å²) in [6.07, 6.45) is -0.145. The molecule has 0 aliphatic rings. The van der Waals surface area contributed by atoms with E-state index >= 15 is 0 Å². The van der Waals surface area contributed by atoms with Crippen LogP contribution in [0.1, 0.15) is 10.5 Å². The van der Waals surface area contributed by atoms with E-state index in [0.717, 1.165) is 0 Å². The van der Waals surface area contributed by atoms with E-state index in [1.807, 2.05) is 0 Å². The fourth-order valence-corrected chi connectivity index (χ4v) is 0.941. The summed E-state index contributed by atoms with van der Waals surface area (Å²) < 4.78 is -1.97. The summed E-state index contributed by atoms with van der Waals surface area (Å²) in [7, 11) is 0. The molecule has 0 saturated carbocycles. The van der Waals surface area contributed by atoms with Crippen LogP contribution in [0.5, 0.6) is 0 Å². The fourth-order valence-electron chi connectivity index (χ4n) is 0.777. The first-order chi connectivity index (χ1) is 6.91. The van der Waals surface area contributed by atoms with Gasteiger partial charge in [0, 0.05) is 6.20 Å². The van der Waals surface area contributed by atoms with E-state index in [4.69, 9.17) is 34.8 Å². The zero-order valence-electron chi connectivity index (χ0n) is 7.32. The maximum absolute atomic E-state index is 11.4. The fraction of sp³-hybridized carbons (Fsp3) is 0.250. The smallest absolute Gasteiger partial charge is 0.271 e. The Morgan fingerprint density at radius 2 is 2.13 bits per heavy atom. The van der Waals surface area contributed by atoms with Crippen LogP contribution in [-0.2, 0) is 0 Å². The first kappa shape index (κ1) is 12.5. The number of aromatic nitrogens is 1. The molecule has 0 spiro atoms. The van der Waals surface area contributed by atoms with Gasteiger partial charge in [-0.15, -0.1) is 0 Å². The second-order valence-electron chi connectivity index (χ2n) is 2.63. The van der Waals surface area contributed by atoms with Crippen molar-refractivity contribution in [3.05, 3.63) is 30.1 Å². The summed E-state index contributed by atoms with van der Waals surface area (Å²) in [4.78, 5) is 15.2. The number of hydrogen-bond donors (Lipinski definition) is 2. The number of halogens is 3. The summed E-state index contributed by atoms with van der Waals surface area (Å²) in [5.41, 5.74) is 0.130. The standard InChI is InChI=1S/C8H7Cl3N2O2/c9-8(10,11)7(15)13-6(14)5-3-1-2-4-12-5/h1-4,7,15H,(H,13,14). The normalized spacial score (nSPS) is 13.3. The van der Waals surface area contributed by atoms with Crippen molar-refractivity contribution in [1.82, 2.24) is 10.3 Å². The molecule has 15 heavy (non-hydrogen) atoms. The summed E-state index contributed by atoms with van der Waals surface area (Å²) in [6.45, 7) is 0. The van der Waals surface area contributed by atoms with Gasteiger partial charge in [0.15, 0.2) is 6.23 Å². The zero-order chi connectivity index (χ0) is 11.5. The van der Waals surface area contributed by atoms with E-state index in [9.17, 15) is 9.90 Å². The van der Waals surface area contributed by atoms with Crippen molar-refractivity contribution in [2.75, 3.05) is 0 Å². The number of hydrogen-bond acceptors (Lipinski definition) is 3. The van der Waals surface area contributed by atoms with Gasteiger partial charge in [-0.05, 0) is 12.1 Å². The molecule has 7 heteroatoms. The van der Waals surface area contributed by atoms with Crippen molar-refractivity contribution in [2.24, 2.45) is 0 Å². The lowest BCUT2D eigenvalue weighted by molar-refractivity contribution is 0.0787. The lowest BCUT2D eigenvalue weighted by Gasteiger charge is -2.19. The molecule has 0 radical (unpaired) electrons. The topological polar surface area (TPSA) is 62.2 Å². The highest BCUT2D eigenvalue weighted by molar-refractivity contribution is 6.68. The van der Waals surface area contributed by atoms with E-state index in [1.165, 1.54) is 12.3 Å². The molecule has 1 atom stereocenters. The quantitative estimate of drug-likeness (QED) is 0.632. The zero-order valence-corrected chi connectivity index (χ0v) is 9.59. The van der Waals surface area contributed by atoms with Crippen molar-refractivity contribution in [1.29, 1.82) is 0 Å². The van der Waals surface area contributed by atoms with Crippen LogP contribution in [0, 0.1) is 0 Å². The number of nitrogens with one attached hydrogen (secondary N) is 1. The number of amides is 1. The molecule has 1 rings (SSSR count). The average molecular weight is 270 g/mol. The second-order valence-corrected chi connectivity index (χ2v) is 5.00. The van der Waals surface area contributed by atoms with Crippen LogP contribution in [0.3, 0.4) is 0 Å². The Kier molecular flexibility index (Phi) is 4.16. The largest absolute Gasteiger partial charge is 0.369 e. The lowest BCUT2D eigenvalue weighted by Crippen LogP contribution is -2.43. The Hall–Kier alpha value is -0.550. The van der Waals surface area contributed by atoms with Crippen LogP contribution in [0.4, 0.5) is 0 Å². The Bertz CT molecular complexity index is 339. The van der Waals surface area contributed by atoms with E-state index in [0.29, 0.717) is 0 Å². The van der Waals surface area contributed by atoms with Gasteiger partial charge in [-0.1, -0.05) is 40.9 Å². The molecule has 0 saturated heterocycles. The molecule has 2 N–H and O–H groups in total. The molecule has 1 aromatic rings. The Morgan fingerprint density at radius 1 is 1.47 bits per heavy atom. The summed E-state index contributed by atoms with van der Waals surface area (Å²) in [5.74, 6) is -0.616. The number of carbonyl (C=O) groups is 1. The van der Waals surface area contributed by atoms with Gasteiger partial charge in [0.05, 0.1) is 0 Å². The van der Waals surface area contributed by atoms with Crippen molar-refractivity contribution in [2.45, 2.75) is 10.0 Å². The van der Waals surface area contributed by atoms with Crippen molar-refractivity contribution in [3.63, 3.8) is 0 Å². The van der Waals surface area contributed by atoms with Gasteiger partial charge in [0.2, 0.25) is 3.79 Å². The van der Waals surface area contributed by atoms with E-state index in [2.05, 4.69) is 10.3 Å². The van der Waals surface area contributed by atoms with Crippen LogP contribution >= 0.6 is 34.8 Å². The maximum atomic E-state index is 11.4. The summed E-state index contributed by atoms with van der Waals surface area (Å²) in [5, 5.41) is 11.4. The third-order valence-electron chi connectivity index (χ3n) is 1.48. The minimum atomic E-state index is -1.97. The highest BCUT2D eigenvalue weighted by atomic mass is 35.6. The maximum Gasteiger partial charge on any atom is 0.271 e. The minimum Gasteiger partial charge on any atom is -0.369 e. The molecule has 0 aromatic carbocycles. The van der Waals surface area contributed by atoms with Crippen molar-refractivity contribution in [3.8, 4) is 0 Å². The van der Waals surface area contributed by atoms with Crippen LogP contribution < -0.4 is 5.32 Å². The highest BCUT2D eigenvalue weighted by Crippen LogP contribution is 2.28. The minimum absolute atomic E-state index is 0.130. The number of aliphatic hydroxyl groups excluding tert-OH is 1. The number of nitrogens with zero attached hydrogens (tertiary/aromatic N) is 1. The van der Waals surface area contributed by atoms with Crippen LogP contribution in [0.15, 0.2) is 24.4 Å². The Balaban J connectivity index is 2.65. The monoisotopic (exact) mass is 268 g/mol. The van der Waals surface area contributed by atoms with Crippen LogP contribution in [0.25, 0.3) is 0 Å². The van der Waals surface area contributed by atoms with E-state index < -0.39 is 15.9 Å². The van der Waals surface area contributed by atoms with Gasteiger partial charge in [-0.3, -0.25) is 9.78 Å². The third kappa shape index (κ3) is 3.83. The Morgan fingerprint density at radius 3 is 2.60 bits per heavy atom. The van der Waals surface area contributed by atoms with Gasteiger partial charge < -0.3 is 10.4 Å². The molecule has 1 aromatic heterocycles. The lowest BCUT2D eigenvalue weighted by atomic mass is 10.3. The first-order valence-electron chi connectivity index (χ1n) is 3.88. The molecular weight excluding hydrogens is 262 g/mol. The van der Waals surface area contributed by atoms with E-state index in [-0.39, 0.29) is 5.69 Å². The predicted molar refractivity (Wildman–Crippen MR) is 58.0 cm³/mol. The Labute approximate surface area is 101 Å². The van der Waals surface area contributed by atoms with Crippen molar-refractivity contribution >= 4 is 40.7 Å².